The Morgan fingerprint density at radius 2 is 1.90 bits per heavy atom. The summed E-state index contributed by atoms with van der Waals surface area (Å²) in [4.78, 5) is 0. The fraction of sp³-hybridized carbons (Fsp3) is 1.00. The molecule has 1 aliphatic rings. The molecule has 2 N–H and O–H groups in total. The van der Waals surface area contributed by atoms with Crippen molar-refractivity contribution < 1.29 is 0 Å². The number of nitrogens with two attached hydrogens (primary N) is 1. The zero-order valence-corrected chi connectivity index (χ0v) is 8.32. The van der Waals surface area contributed by atoms with Crippen LogP contribution in [0.25, 0.3) is 0 Å². The Bertz CT molecular complexity index is 134. The molecule has 0 aromatic carbocycles. The SMILES string of the molecule is CC1CCCCP1(C)(C)N. The summed E-state index contributed by atoms with van der Waals surface area (Å²) in [6, 6.07) is 0. The molecule has 0 bridgehead atoms. The first-order valence-electron chi connectivity index (χ1n) is 4.21. The zero-order chi connectivity index (χ0) is 7.85. The van der Waals surface area contributed by atoms with Crippen molar-refractivity contribution in [3.63, 3.8) is 0 Å². The molecule has 1 aliphatic heterocycles. The molecular formula is C8H20NP. The fourth-order valence-corrected chi connectivity index (χ4v) is 4.39. The molecule has 0 radical (unpaired) electrons. The van der Waals surface area contributed by atoms with E-state index in [1.165, 1.54) is 25.4 Å². The molecule has 1 unspecified atom stereocenters. The molecule has 0 aliphatic carbocycles. The average molecular weight is 161 g/mol. The van der Waals surface area contributed by atoms with Gasteiger partial charge in [0.2, 0.25) is 0 Å². The van der Waals surface area contributed by atoms with Crippen LogP contribution in [0.5, 0.6) is 0 Å². The molecule has 0 amide bonds. The molecule has 1 heterocycles. The quantitative estimate of drug-likeness (QED) is 0.542. The first kappa shape index (κ1) is 8.49. The first-order valence-corrected chi connectivity index (χ1v) is 7.67. The van der Waals surface area contributed by atoms with E-state index in [1.54, 1.807) is 0 Å². The molecule has 0 aromatic rings. The van der Waals surface area contributed by atoms with Crippen molar-refractivity contribution in [3.05, 3.63) is 0 Å². The van der Waals surface area contributed by atoms with Crippen molar-refractivity contribution in [1.29, 1.82) is 0 Å². The van der Waals surface area contributed by atoms with Crippen LogP contribution in [0.15, 0.2) is 0 Å². The topological polar surface area (TPSA) is 26.0 Å². The van der Waals surface area contributed by atoms with Gasteiger partial charge < -0.3 is 0 Å². The van der Waals surface area contributed by atoms with Gasteiger partial charge in [-0.15, -0.1) is 0 Å². The van der Waals surface area contributed by atoms with Crippen LogP contribution in [0.2, 0.25) is 0 Å². The van der Waals surface area contributed by atoms with Crippen molar-refractivity contribution in [2.24, 2.45) is 5.50 Å². The van der Waals surface area contributed by atoms with Crippen molar-refractivity contribution in [3.8, 4) is 0 Å². The van der Waals surface area contributed by atoms with E-state index in [-0.39, 0.29) is 0 Å². The van der Waals surface area contributed by atoms with Crippen molar-refractivity contribution >= 4 is 6.75 Å². The van der Waals surface area contributed by atoms with Crippen LogP contribution in [0.4, 0.5) is 0 Å². The van der Waals surface area contributed by atoms with Crippen LogP contribution in [-0.2, 0) is 0 Å². The first-order chi connectivity index (χ1) is 4.40. The van der Waals surface area contributed by atoms with E-state index >= 15 is 0 Å². The van der Waals surface area contributed by atoms with E-state index in [4.69, 9.17) is 5.50 Å². The van der Waals surface area contributed by atoms with Crippen LogP contribution in [0.1, 0.15) is 26.2 Å². The minimum atomic E-state index is -1.65. The van der Waals surface area contributed by atoms with Gasteiger partial charge >= 0.3 is 63.6 Å². The summed E-state index contributed by atoms with van der Waals surface area (Å²) in [7, 11) is 0. The van der Waals surface area contributed by atoms with Gasteiger partial charge in [-0.25, -0.2) is 0 Å². The Morgan fingerprint density at radius 3 is 2.20 bits per heavy atom. The third-order valence-corrected chi connectivity index (χ3v) is 8.06. The molecular weight excluding hydrogens is 141 g/mol. The van der Waals surface area contributed by atoms with Gasteiger partial charge in [0.1, 0.15) is 0 Å². The number of hydrogen-bond acceptors (Lipinski definition) is 1. The Kier molecular flexibility index (Phi) is 1.85. The summed E-state index contributed by atoms with van der Waals surface area (Å²) < 4.78 is 0. The van der Waals surface area contributed by atoms with Crippen LogP contribution in [0.3, 0.4) is 0 Å². The maximum atomic E-state index is 6.39. The van der Waals surface area contributed by atoms with Gasteiger partial charge in [-0.05, 0) is 0 Å². The third kappa shape index (κ3) is 1.52. The van der Waals surface area contributed by atoms with Gasteiger partial charge in [-0.1, -0.05) is 0 Å². The van der Waals surface area contributed by atoms with Crippen LogP contribution < -0.4 is 5.50 Å². The van der Waals surface area contributed by atoms with E-state index in [1.807, 2.05) is 0 Å². The molecule has 0 aromatic heterocycles. The summed E-state index contributed by atoms with van der Waals surface area (Å²) >= 11 is 0. The van der Waals surface area contributed by atoms with Crippen molar-refractivity contribution in [2.45, 2.75) is 31.8 Å². The van der Waals surface area contributed by atoms with Gasteiger partial charge in [0.05, 0.1) is 0 Å². The second-order valence-electron chi connectivity index (χ2n) is 4.70. The third-order valence-electron chi connectivity index (χ3n) is 3.18. The fourth-order valence-electron chi connectivity index (χ4n) is 1.69. The van der Waals surface area contributed by atoms with E-state index in [2.05, 4.69) is 20.3 Å². The molecule has 1 saturated heterocycles. The van der Waals surface area contributed by atoms with Gasteiger partial charge in [0.15, 0.2) is 0 Å². The predicted octanol–water partition coefficient (Wildman–Crippen LogP) is 2.25. The van der Waals surface area contributed by atoms with E-state index in [9.17, 15) is 0 Å². The van der Waals surface area contributed by atoms with Crippen LogP contribution >= 0.6 is 6.75 Å². The average Bonchev–Trinajstić information content (AvgIpc) is 1.76. The summed E-state index contributed by atoms with van der Waals surface area (Å²) in [5.74, 6) is 0. The normalized spacial score (nSPS) is 41.6. The summed E-state index contributed by atoms with van der Waals surface area (Å²) in [6.45, 7) is 5.34. The molecule has 62 valence electrons. The second kappa shape index (κ2) is 2.19. The molecule has 2 heteroatoms. The summed E-state index contributed by atoms with van der Waals surface area (Å²) in [5.41, 5.74) is 7.20. The molecule has 1 atom stereocenters. The molecule has 1 rings (SSSR count). The number of hydrogen-bond donors (Lipinski definition) is 1. The molecule has 0 spiro atoms. The minimum absolute atomic E-state index is 0.805. The second-order valence-corrected chi connectivity index (χ2v) is 11.3. The van der Waals surface area contributed by atoms with E-state index < -0.39 is 6.75 Å². The monoisotopic (exact) mass is 161 g/mol. The van der Waals surface area contributed by atoms with Gasteiger partial charge in [-0.3, -0.25) is 0 Å². The van der Waals surface area contributed by atoms with Crippen LogP contribution in [-0.4, -0.2) is 25.2 Å². The number of rotatable bonds is 0. The Morgan fingerprint density at radius 1 is 1.30 bits per heavy atom. The summed E-state index contributed by atoms with van der Waals surface area (Å²) in [5, 5.41) is 0. The standard InChI is InChI=1S/C8H20NP/c1-8-6-4-5-7-10(8,2,3)9/h8H,4-7,9H2,1-3H3. The maximum absolute atomic E-state index is 6.39. The summed E-state index contributed by atoms with van der Waals surface area (Å²) in [6.07, 6.45) is 5.44. The Hall–Kier alpha value is 0.390. The molecule has 1 nitrogen and oxygen atoms in total. The Labute approximate surface area is 64.4 Å². The predicted molar refractivity (Wildman–Crippen MR) is 51.1 cm³/mol. The van der Waals surface area contributed by atoms with Gasteiger partial charge in [0.25, 0.3) is 0 Å². The van der Waals surface area contributed by atoms with Crippen molar-refractivity contribution in [1.82, 2.24) is 0 Å². The zero-order valence-electron chi connectivity index (χ0n) is 7.43. The van der Waals surface area contributed by atoms with Gasteiger partial charge in [-0.2, -0.15) is 0 Å². The molecule has 0 saturated carbocycles. The van der Waals surface area contributed by atoms with Crippen molar-refractivity contribution in [2.75, 3.05) is 19.5 Å². The van der Waals surface area contributed by atoms with E-state index in [0.717, 1.165) is 5.66 Å². The Balaban J connectivity index is 2.74. The van der Waals surface area contributed by atoms with Gasteiger partial charge in [0, 0.05) is 0 Å². The van der Waals surface area contributed by atoms with E-state index in [0.29, 0.717) is 0 Å². The molecule has 10 heavy (non-hydrogen) atoms. The molecule has 1 fully saturated rings. The van der Waals surface area contributed by atoms with Crippen LogP contribution in [0, 0.1) is 0 Å².